The van der Waals surface area contributed by atoms with E-state index in [-0.39, 0.29) is 11.3 Å². The van der Waals surface area contributed by atoms with Gasteiger partial charge in [-0.3, -0.25) is 4.79 Å². The number of nitrogens with one attached hydrogen (secondary N) is 1. The lowest BCUT2D eigenvalue weighted by Crippen LogP contribution is -2.47. The Hall–Kier alpha value is -1.36. The monoisotopic (exact) mass is 309 g/mol. The molecule has 0 radical (unpaired) electrons. The van der Waals surface area contributed by atoms with Crippen LogP contribution in [-0.2, 0) is 6.42 Å². The van der Waals surface area contributed by atoms with Gasteiger partial charge in [0.1, 0.15) is 5.76 Å². The van der Waals surface area contributed by atoms with E-state index >= 15 is 0 Å². The Balaban J connectivity index is 2.67. The SMILES string of the molecule is CCCN(C)C(C)C(C)(C)CNC(=O)c1noc(CC)c1C. The summed E-state index contributed by atoms with van der Waals surface area (Å²) in [5.41, 5.74) is 1.22. The van der Waals surface area contributed by atoms with E-state index in [9.17, 15) is 4.79 Å². The smallest absolute Gasteiger partial charge is 0.273 e. The van der Waals surface area contributed by atoms with Crippen LogP contribution in [0.25, 0.3) is 0 Å². The lowest BCUT2D eigenvalue weighted by molar-refractivity contribution is 0.0870. The minimum absolute atomic E-state index is 0.0230. The fourth-order valence-corrected chi connectivity index (χ4v) is 2.59. The highest BCUT2D eigenvalue weighted by Crippen LogP contribution is 2.24. The molecule has 126 valence electrons. The van der Waals surface area contributed by atoms with E-state index in [0.29, 0.717) is 18.3 Å². The van der Waals surface area contributed by atoms with Crippen molar-refractivity contribution in [2.45, 2.75) is 60.4 Å². The number of hydrogen-bond donors (Lipinski definition) is 1. The van der Waals surface area contributed by atoms with Gasteiger partial charge in [-0.1, -0.05) is 32.9 Å². The third-order valence-electron chi connectivity index (χ3n) is 4.63. The molecule has 0 bridgehead atoms. The summed E-state index contributed by atoms with van der Waals surface area (Å²) in [6.07, 6.45) is 1.87. The van der Waals surface area contributed by atoms with Gasteiger partial charge in [0.05, 0.1) is 0 Å². The van der Waals surface area contributed by atoms with E-state index in [0.717, 1.165) is 30.7 Å². The number of nitrogens with zero attached hydrogens (tertiary/aromatic N) is 2. The molecule has 0 spiro atoms. The second-order valence-electron chi connectivity index (χ2n) is 6.76. The number of aryl methyl sites for hydroxylation is 1. The fourth-order valence-electron chi connectivity index (χ4n) is 2.59. The third kappa shape index (κ3) is 4.32. The second kappa shape index (κ2) is 7.77. The lowest BCUT2D eigenvalue weighted by Gasteiger charge is -2.38. The van der Waals surface area contributed by atoms with Crippen molar-refractivity contribution in [3.8, 4) is 0 Å². The van der Waals surface area contributed by atoms with Gasteiger partial charge in [-0.25, -0.2) is 0 Å². The molecule has 1 amide bonds. The Morgan fingerprint density at radius 2 is 2.05 bits per heavy atom. The Bertz CT molecular complexity index is 494. The Kier molecular flexibility index (Phi) is 6.60. The first kappa shape index (κ1) is 18.7. The summed E-state index contributed by atoms with van der Waals surface area (Å²) in [4.78, 5) is 14.6. The van der Waals surface area contributed by atoms with Crippen LogP contribution in [0.2, 0.25) is 0 Å². The first-order valence-electron chi connectivity index (χ1n) is 8.18. The van der Waals surface area contributed by atoms with Gasteiger partial charge >= 0.3 is 0 Å². The maximum atomic E-state index is 12.3. The molecule has 0 saturated heterocycles. The molecule has 1 atom stereocenters. The van der Waals surface area contributed by atoms with Crippen LogP contribution in [0.4, 0.5) is 0 Å². The molecule has 1 aromatic rings. The van der Waals surface area contributed by atoms with Crippen LogP contribution < -0.4 is 5.32 Å². The van der Waals surface area contributed by atoms with Gasteiger partial charge in [-0.05, 0) is 39.3 Å². The zero-order chi connectivity index (χ0) is 16.9. The number of aromatic nitrogens is 1. The highest BCUT2D eigenvalue weighted by atomic mass is 16.5. The van der Waals surface area contributed by atoms with Gasteiger partial charge in [-0.15, -0.1) is 0 Å². The molecule has 0 aliphatic rings. The molecule has 5 nitrogen and oxygen atoms in total. The zero-order valence-corrected chi connectivity index (χ0v) is 15.1. The molecule has 0 saturated carbocycles. The molecule has 1 rings (SSSR count). The van der Waals surface area contributed by atoms with Crippen molar-refractivity contribution in [1.82, 2.24) is 15.4 Å². The first-order chi connectivity index (χ1) is 10.2. The van der Waals surface area contributed by atoms with Gasteiger partial charge in [0.15, 0.2) is 5.69 Å². The number of carbonyl (C=O) groups is 1. The number of rotatable bonds is 8. The topological polar surface area (TPSA) is 58.4 Å². The Morgan fingerprint density at radius 3 is 2.55 bits per heavy atom. The highest BCUT2D eigenvalue weighted by molar-refractivity contribution is 5.93. The van der Waals surface area contributed by atoms with Crippen LogP contribution in [0.15, 0.2) is 4.52 Å². The van der Waals surface area contributed by atoms with Crippen molar-refractivity contribution in [3.05, 3.63) is 17.0 Å². The van der Waals surface area contributed by atoms with Gasteiger partial charge < -0.3 is 14.7 Å². The highest BCUT2D eigenvalue weighted by Gasteiger charge is 2.30. The summed E-state index contributed by atoms with van der Waals surface area (Å²) < 4.78 is 5.20. The summed E-state index contributed by atoms with van der Waals surface area (Å²) in [6.45, 7) is 14.3. The summed E-state index contributed by atoms with van der Waals surface area (Å²) in [5.74, 6) is 0.625. The standard InChI is InChI=1S/C17H31N3O2/c1-8-10-20(7)13(4)17(5,6)11-18-16(21)15-12(3)14(9-2)22-19-15/h13H,8-11H2,1-7H3,(H,18,21). The number of carbonyl (C=O) groups excluding carboxylic acids is 1. The molecule has 1 heterocycles. The van der Waals surface area contributed by atoms with Crippen molar-refractivity contribution >= 4 is 5.91 Å². The normalized spacial score (nSPS) is 13.5. The minimum Gasteiger partial charge on any atom is -0.360 e. The van der Waals surface area contributed by atoms with Crippen LogP contribution in [0.1, 0.15) is 62.9 Å². The Labute approximate surface area is 134 Å². The predicted octanol–water partition coefficient (Wildman–Crippen LogP) is 3.03. The molecule has 22 heavy (non-hydrogen) atoms. The van der Waals surface area contributed by atoms with E-state index in [2.05, 4.69) is 50.1 Å². The first-order valence-corrected chi connectivity index (χ1v) is 8.18. The molecule has 0 aromatic carbocycles. The maximum Gasteiger partial charge on any atom is 0.273 e. The van der Waals surface area contributed by atoms with E-state index in [1.165, 1.54) is 0 Å². The average Bonchev–Trinajstić information content (AvgIpc) is 2.85. The maximum absolute atomic E-state index is 12.3. The third-order valence-corrected chi connectivity index (χ3v) is 4.63. The van der Waals surface area contributed by atoms with E-state index in [4.69, 9.17) is 4.52 Å². The number of hydrogen-bond acceptors (Lipinski definition) is 4. The van der Waals surface area contributed by atoms with Gasteiger partial charge in [0.2, 0.25) is 0 Å². The summed E-state index contributed by atoms with van der Waals surface area (Å²) in [7, 11) is 2.13. The van der Waals surface area contributed by atoms with Crippen LogP contribution in [0.5, 0.6) is 0 Å². The van der Waals surface area contributed by atoms with Gasteiger partial charge in [-0.2, -0.15) is 0 Å². The van der Waals surface area contributed by atoms with Gasteiger partial charge in [0, 0.05) is 24.6 Å². The molecular formula is C17H31N3O2. The van der Waals surface area contributed by atoms with Crippen molar-refractivity contribution < 1.29 is 9.32 Å². The second-order valence-corrected chi connectivity index (χ2v) is 6.76. The Morgan fingerprint density at radius 1 is 1.41 bits per heavy atom. The van der Waals surface area contributed by atoms with Crippen LogP contribution in [0, 0.1) is 12.3 Å². The molecule has 0 fully saturated rings. The van der Waals surface area contributed by atoms with Crippen molar-refractivity contribution in [2.24, 2.45) is 5.41 Å². The largest absolute Gasteiger partial charge is 0.360 e. The van der Waals surface area contributed by atoms with Crippen molar-refractivity contribution in [3.63, 3.8) is 0 Å². The molecule has 0 aliphatic carbocycles. The molecular weight excluding hydrogens is 278 g/mol. The molecule has 0 aliphatic heterocycles. The van der Waals surface area contributed by atoms with E-state index in [1.807, 2.05) is 13.8 Å². The molecule has 5 heteroatoms. The molecule has 1 unspecified atom stereocenters. The molecule has 1 aromatic heterocycles. The van der Waals surface area contributed by atoms with E-state index in [1.54, 1.807) is 0 Å². The quantitative estimate of drug-likeness (QED) is 0.802. The fraction of sp³-hybridized carbons (Fsp3) is 0.765. The van der Waals surface area contributed by atoms with E-state index < -0.39 is 0 Å². The average molecular weight is 309 g/mol. The summed E-state index contributed by atoms with van der Waals surface area (Å²) in [6, 6.07) is 0.373. The van der Waals surface area contributed by atoms with Crippen LogP contribution >= 0.6 is 0 Å². The molecule has 1 N–H and O–H groups in total. The zero-order valence-electron chi connectivity index (χ0n) is 15.1. The predicted molar refractivity (Wildman–Crippen MR) is 89.1 cm³/mol. The van der Waals surface area contributed by atoms with Crippen molar-refractivity contribution in [2.75, 3.05) is 20.1 Å². The van der Waals surface area contributed by atoms with Gasteiger partial charge in [0.25, 0.3) is 5.91 Å². The van der Waals surface area contributed by atoms with Crippen LogP contribution in [-0.4, -0.2) is 42.1 Å². The minimum atomic E-state index is -0.153. The van der Waals surface area contributed by atoms with Crippen molar-refractivity contribution in [1.29, 1.82) is 0 Å². The number of amides is 1. The van der Waals surface area contributed by atoms with Crippen LogP contribution in [0.3, 0.4) is 0 Å². The lowest BCUT2D eigenvalue weighted by atomic mass is 9.84. The summed E-state index contributed by atoms with van der Waals surface area (Å²) >= 11 is 0. The summed E-state index contributed by atoms with van der Waals surface area (Å²) in [5, 5.41) is 6.91.